The molecule has 0 N–H and O–H groups in total. The molecule has 1 fully saturated rings. The fraction of sp³-hybridized carbons (Fsp3) is 0.611. The van der Waals surface area contributed by atoms with Crippen LogP contribution in [0.1, 0.15) is 45.1 Å². The third-order valence-electron chi connectivity index (χ3n) is 5.17. The topological polar surface area (TPSA) is 57.7 Å². The molecule has 0 radical (unpaired) electrons. The van der Waals surface area contributed by atoms with Crippen LogP contribution in [0.5, 0.6) is 0 Å². The summed E-state index contributed by atoms with van der Waals surface area (Å²) in [5.74, 6) is 0.123. The fourth-order valence-electron chi connectivity index (χ4n) is 3.48. The van der Waals surface area contributed by atoms with Crippen LogP contribution in [-0.4, -0.2) is 38.3 Å². The Kier molecular flexibility index (Phi) is 4.97. The minimum atomic E-state index is -3.40. The van der Waals surface area contributed by atoms with Gasteiger partial charge in [-0.15, -0.1) is 0 Å². The maximum absolute atomic E-state index is 12.7. The summed E-state index contributed by atoms with van der Waals surface area (Å²) >= 11 is 0. The van der Waals surface area contributed by atoms with E-state index in [0.717, 1.165) is 43.4 Å². The van der Waals surface area contributed by atoms with Crippen molar-refractivity contribution in [2.24, 2.45) is 5.92 Å². The molecule has 0 bridgehead atoms. The highest BCUT2D eigenvalue weighted by Crippen LogP contribution is 2.32. The molecule has 3 rings (SSSR count). The number of aryl methyl sites for hydroxylation is 1. The summed E-state index contributed by atoms with van der Waals surface area (Å²) in [6, 6.07) is 5.26. The summed E-state index contributed by atoms with van der Waals surface area (Å²) < 4.78 is 27.0. The number of sulfonamides is 1. The van der Waals surface area contributed by atoms with Gasteiger partial charge >= 0.3 is 0 Å². The molecule has 2 heterocycles. The summed E-state index contributed by atoms with van der Waals surface area (Å²) in [6.07, 6.45) is 4.38. The first-order chi connectivity index (χ1) is 11.4. The molecule has 1 aromatic carbocycles. The molecule has 2 aliphatic heterocycles. The maximum atomic E-state index is 12.7. The van der Waals surface area contributed by atoms with E-state index < -0.39 is 10.0 Å². The highest BCUT2D eigenvalue weighted by Gasteiger charge is 2.30. The Morgan fingerprint density at radius 2 is 1.88 bits per heavy atom. The zero-order valence-corrected chi connectivity index (χ0v) is 15.3. The lowest BCUT2D eigenvalue weighted by molar-refractivity contribution is -0.122. The van der Waals surface area contributed by atoms with Crippen LogP contribution >= 0.6 is 0 Å². The number of anilines is 1. The zero-order chi connectivity index (χ0) is 17.3. The van der Waals surface area contributed by atoms with Crippen molar-refractivity contribution in [1.82, 2.24) is 4.31 Å². The van der Waals surface area contributed by atoms with Crippen molar-refractivity contribution in [3.63, 3.8) is 0 Å². The van der Waals surface area contributed by atoms with Gasteiger partial charge in [-0.2, -0.15) is 4.31 Å². The van der Waals surface area contributed by atoms with E-state index in [0.29, 0.717) is 24.5 Å². The molecule has 0 spiro atoms. The Balaban J connectivity index is 1.92. The van der Waals surface area contributed by atoms with Gasteiger partial charge in [0, 0.05) is 31.2 Å². The van der Waals surface area contributed by atoms with Crippen molar-refractivity contribution in [2.45, 2.75) is 50.8 Å². The van der Waals surface area contributed by atoms with E-state index in [-0.39, 0.29) is 11.8 Å². The van der Waals surface area contributed by atoms with Crippen molar-refractivity contribution in [3.8, 4) is 0 Å². The van der Waals surface area contributed by atoms with E-state index in [2.05, 4.69) is 0 Å². The van der Waals surface area contributed by atoms with Crippen LogP contribution in [0.3, 0.4) is 0 Å². The van der Waals surface area contributed by atoms with Crippen LogP contribution in [-0.2, 0) is 21.2 Å². The predicted molar refractivity (Wildman–Crippen MR) is 94.6 cm³/mol. The average Bonchev–Trinajstić information content (AvgIpc) is 3.14. The number of carbonyl (C=O) groups excluding carboxylic acids is 1. The molecule has 24 heavy (non-hydrogen) atoms. The third-order valence-corrected chi connectivity index (χ3v) is 7.07. The SMILES string of the molecule is CC[C@H](C)C(=O)N1CCCc2cc(S(=O)(=O)N3CCCC3)ccc21. The van der Waals surface area contributed by atoms with Gasteiger partial charge in [0.25, 0.3) is 0 Å². The molecule has 0 aliphatic carbocycles. The molecule has 132 valence electrons. The van der Waals surface area contributed by atoms with Crippen LogP contribution < -0.4 is 4.90 Å². The van der Waals surface area contributed by atoms with Crippen LogP contribution in [0, 0.1) is 5.92 Å². The largest absolute Gasteiger partial charge is 0.312 e. The molecule has 0 unspecified atom stereocenters. The van der Waals surface area contributed by atoms with Crippen LogP contribution in [0.4, 0.5) is 5.69 Å². The monoisotopic (exact) mass is 350 g/mol. The van der Waals surface area contributed by atoms with E-state index in [1.165, 1.54) is 0 Å². The molecular formula is C18H26N2O3S. The fourth-order valence-corrected chi connectivity index (χ4v) is 5.05. The number of rotatable bonds is 4. The van der Waals surface area contributed by atoms with E-state index in [1.54, 1.807) is 16.4 Å². The molecule has 0 aromatic heterocycles. The highest BCUT2D eigenvalue weighted by molar-refractivity contribution is 7.89. The van der Waals surface area contributed by atoms with Gasteiger partial charge in [-0.1, -0.05) is 13.8 Å². The summed E-state index contributed by atoms with van der Waals surface area (Å²) in [6.45, 7) is 5.90. The van der Waals surface area contributed by atoms with Crippen LogP contribution in [0.15, 0.2) is 23.1 Å². The molecule has 2 aliphatic rings. The minimum absolute atomic E-state index is 0.0102. The van der Waals surface area contributed by atoms with Gasteiger partial charge in [0.05, 0.1) is 4.90 Å². The second kappa shape index (κ2) is 6.84. The molecule has 5 nitrogen and oxygen atoms in total. The van der Waals surface area contributed by atoms with Gasteiger partial charge in [0.1, 0.15) is 0 Å². The van der Waals surface area contributed by atoms with E-state index >= 15 is 0 Å². The normalized spacial score (nSPS) is 20.0. The van der Waals surface area contributed by atoms with Crippen LogP contribution in [0.25, 0.3) is 0 Å². The number of carbonyl (C=O) groups is 1. The zero-order valence-electron chi connectivity index (χ0n) is 14.5. The first kappa shape index (κ1) is 17.4. The van der Waals surface area contributed by atoms with Crippen molar-refractivity contribution in [1.29, 1.82) is 0 Å². The van der Waals surface area contributed by atoms with Gasteiger partial charge in [-0.3, -0.25) is 4.79 Å². The van der Waals surface area contributed by atoms with E-state index in [9.17, 15) is 13.2 Å². The molecule has 0 saturated carbocycles. The number of hydrogen-bond donors (Lipinski definition) is 0. The lowest BCUT2D eigenvalue weighted by Crippen LogP contribution is -2.39. The number of nitrogens with zero attached hydrogens (tertiary/aromatic N) is 2. The smallest absolute Gasteiger partial charge is 0.243 e. The standard InChI is InChI=1S/C18H26N2O3S/c1-3-14(2)18(21)20-12-6-7-15-13-16(8-9-17(15)20)24(22,23)19-10-4-5-11-19/h8-9,13-14H,3-7,10-12H2,1-2H3/t14-/m0/s1. The Labute approximate surface area is 144 Å². The molecule has 1 atom stereocenters. The Morgan fingerprint density at radius 1 is 1.17 bits per heavy atom. The number of hydrogen-bond acceptors (Lipinski definition) is 3. The number of benzene rings is 1. The molecule has 1 saturated heterocycles. The summed E-state index contributed by atoms with van der Waals surface area (Å²) in [4.78, 5) is 14.8. The van der Waals surface area contributed by atoms with E-state index in [1.807, 2.05) is 24.8 Å². The Bertz CT molecular complexity index is 724. The molecule has 1 aromatic rings. The lowest BCUT2D eigenvalue weighted by atomic mass is 9.99. The van der Waals surface area contributed by atoms with Gasteiger partial charge in [-0.05, 0) is 55.9 Å². The Morgan fingerprint density at radius 3 is 2.54 bits per heavy atom. The van der Waals surface area contributed by atoms with Gasteiger partial charge in [-0.25, -0.2) is 8.42 Å². The van der Waals surface area contributed by atoms with Gasteiger partial charge in [0.15, 0.2) is 0 Å². The minimum Gasteiger partial charge on any atom is -0.312 e. The average molecular weight is 350 g/mol. The summed E-state index contributed by atoms with van der Waals surface area (Å²) in [5.41, 5.74) is 1.85. The second-order valence-electron chi connectivity index (χ2n) is 6.80. The third kappa shape index (κ3) is 3.09. The predicted octanol–water partition coefficient (Wildman–Crippen LogP) is 2.80. The van der Waals surface area contributed by atoms with Gasteiger partial charge < -0.3 is 4.90 Å². The highest BCUT2D eigenvalue weighted by atomic mass is 32.2. The van der Waals surface area contributed by atoms with Crippen molar-refractivity contribution < 1.29 is 13.2 Å². The molecular weight excluding hydrogens is 324 g/mol. The summed E-state index contributed by atoms with van der Waals surface area (Å²) in [5, 5.41) is 0. The van der Waals surface area contributed by atoms with Crippen molar-refractivity contribution >= 4 is 21.6 Å². The first-order valence-electron chi connectivity index (χ1n) is 8.89. The number of amides is 1. The molecule has 1 amide bonds. The van der Waals surface area contributed by atoms with Crippen LogP contribution in [0.2, 0.25) is 0 Å². The first-order valence-corrected chi connectivity index (χ1v) is 10.3. The number of fused-ring (bicyclic) bond motifs is 1. The maximum Gasteiger partial charge on any atom is 0.243 e. The van der Waals surface area contributed by atoms with Crippen molar-refractivity contribution in [2.75, 3.05) is 24.5 Å². The van der Waals surface area contributed by atoms with E-state index in [4.69, 9.17) is 0 Å². The van der Waals surface area contributed by atoms with Gasteiger partial charge in [0.2, 0.25) is 15.9 Å². The lowest BCUT2D eigenvalue weighted by Gasteiger charge is -2.32. The molecule has 6 heteroatoms. The van der Waals surface area contributed by atoms with Crippen molar-refractivity contribution in [3.05, 3.63) is 23.8 Å². The quantitative estimate of drug-likeness (QED) is 0.839. The Hall–Kier alpha value is -1.40. The summed E-state index contributed by atoms with van der Waals surface area (Å²) in [7, 11) is -3.40. The second-order valence-corrected chi connectivity index (χ2v) is 8.74.